The van der Waals surface area contributed by atoms with Gasteiger partial charge in [-0.3, -0.25) is 9.59 Å². The minimum absolute atomic E-state index is 0.0219. The number of ether oxygens (including phenoxy) is 2. The third-order valence-corrected chi connectivity index (χ3v) is 7.60. The van der Waals surface area contributed by atoms with E-state index in [9.17, 15) is 22.4 Å². The van der Waals surface area contributed by atoms with E-state index in [1.807, 2.05) is 0 Å². The van der Waals surface area contributed by atoms with Crippen LogP contribution in [0.5, 0.6) is 11.5 Å². The van der Waals surface area contributed by atoms with Crippen LogP contribution in [0.15, 0.2) is 47.4 Å². The van der Waals surface area contributed by atoms with E-state index in [-0.39, 0.29) is 49.1 Å². The van der Waals surface area contributed by atoms with Crippen molar-refractivity contribution in [2.24, 2.45) is 0 Å². The lowest BCUT2D eigenvalue weighted by Crippen LogP contribution is -2.37. The molecule has 0 aliphatic carbocycles. The van der Waals surface area contributed by atoms with Gasteiger partial charge in [0.25, 0.3) is 0 Å². The molecular weight excluding hydrogens is 451 g/mol. The summed E-state index contributed by atoms with van der Waals surface area (Å²) in [6.07, 6.45) is 0.562. The first-order valence-electron chi connectivity index (χ1n) is 10.8. The van der Waals surface area contributed by atoms with E-state index in [0.717, 1.165) is 12.1 Å². The molecule has 10 heteroatoms. The minimum Gasteiger partial charge on any atom is -0.486 e. The zero-order valence-corrected chi connectivity index (χ0v) is 18.9. The molecule has 33 heavy (non-hydrogen) atoms. The molecule has 0 aromatic heterocycles. The maximum atomic E-state index is 13.1. The van der Waals surface area contributed by atoms with Crippen LogP contribution in [-0.2, 0) is 14.8 Å². The van der Waals surface area contributed by atoms with Crippen molar-refractivity contribution >= 4 is 21.7 Å². The van der Waals surface area contributed by atoms with E-state index >= 15 is 0 Å². The number of fused-ring (bicyclic) bond motifs is 1. The lowest BCUT2D eigenvalue weighted by atomic mass is 10.1. The van der Waals surface area contributed by atoms with E-state index in [2.05, 4.69) is 0 Å². The van der Waals surface area contributed by atoms with Gasteiger partial charge in [0.15, 0.2) is 17.3 Å². The molecule has 2 heterocycles. The van der Waals surface area contributed by atoms with Gasteiger partial charge in [0, 0.05) is 44.6 Å². The molecule has 0 unspecified atom stereocenters. The molecule has 0 bridgehead atoms. The topological polar surface area (TPSA) is 93.2 Å². The van der Waals surface area contributed by atoms with Crippen molar-refractivity contribution in [1.29, 1.82) is 0 Å². The van der Waals surface area contributed by atoms with E-state index in [4.69, 9.17) is 9.47 Å². The van der Waals surface area contributed by atoms with Crippen molar-refractivity contribution in [2.75, 3.05) is 39.4 Å². The Morgan fingerprint density at radius 3 is 2.36 bits per heavy atom. The fourth-order valence-electron chi connectivity index (χ4n) is 3.88. The average molecular weight is 477 g/mol. The minimum atomic E-state index is -3.77. The Balaban J connectivity index is 1.32. The van der Waals surface area contributed by atoms with Crippen LogP contribution in [0.1, 0.15) is 29.6 Å². The number of hydrogen-bond donors (Lipinski definition) is 0. The van der Waals surface area contributed by atoms with Crippen LogP contribution in [-0.4, -0.2) is 68.7 Å². The highest BCUT2D eigenvalue weighted by Gasteiger charge is 2.28. The molecule has 4 rings (SSSR count). The number of rotatable bonds is 6. The molecule has 2 aromatic rings. The third kappa shape index (κ3) is 5.33. The largest absolute Gasteiger partial charge is 0.486 e. The molecule has 1 amide bonds. The van der Waals surface area contributed by atoms with Crippen molar-refractivity contribution < 1.29 is 31.9 Å². The van der Waals surface area contributed by atoms with Crippen molar-refractivity contribution in [1.82, 2.24) is 9.21 Å². The molecule has 0 spiro atoms. The SMILES string of the molecule is O=C(CCC(=O)N1CCCN(S(=O)(=O)c2ccc(F)cc2)CC1)c1ccc2c(c1)OCCO2. The molecule has 0 radical (unpaired) electrons. The second kappa shape index (κ2) is 9.88. The van der Waals surface area contributed by atoms with E-state index in [1.165, 1.54) is 16.4 Å². The number of amides is 1. The highest BCUT2D eigenvalue weighted by molar-refractivity contribution is 7.89. The van der Waals surface area contributed by atoms with E-state index < -0.39 is 15.8 Å². The predicted octanol–water partition coefficient (Wildman–Crippen LogP) is 2.48. The molecule has 176 valence electrons. The Morgan fingerprint density at radius 2 is 1.61 bits per heavy atom. The van der Waals surface area contributed by atoms with Gasteiger partial charge in [-0.05, 0) is 48.9 Å². The van der Waals surface area contributed by atoms with Gasteiger partial charge in [0.05, 0.1) is 4.90 Å². The maximum absolute atomic E-state index is 13.1. The Morgan fingerprint density at radius 1 is 0.879 bits per heavy atom. The smallest absolute Gasteiger partial charge is 0.243 e. The molecule has 1 fully saturated rings. The second-order valence-corrected chi connectivity index (χ2v) is 9.81. The first-order chi connectivity index (χ1) is 15.8. The van der Waals surface area contributed by atoms with Gasteiger partial charge in [-0.1, -0.05) is 0 Å². The van der Waals surface area contributed by atoms with Gasteiger partial charge in [0.2, 0.25) is 15.9 Å². The van der Waals surface area contributed by atoms with Gasteiger partial charge in [-0.2, -0.15) is 4.31 Å². The lowest BCUT2D eigenvalue weighted by molar-refractivity contribution is -0.131. The quantitative estimate of drug-likeness (QED) is 0.595. The van der Waals surface area contributed by atoms with Gasteiger partial charge >= 0.3 is 0 Å². The summed E-state index contributed by atoms with van der Waals surface area (Å²) in [6, 6.07) is 9.67. The summed E-state index contributed by atoms with van der Waals surface area (Å²) in [5, 5.41) is 0. The van der Waals surface area contributed by atoms with Crippen molar-refractivity contribution in [3.63, 3.8) is 0 Å². The van der Waals surface area contributed by atoms with Crippen LogP contribution in [0.3, 0.4) is 0 Å². The van der Waals surface area contributed by atoms with Crippen LogP contribution in [0.2, 0.25) is 0 Å². The van der Waals surface area contributed by atoms with Gasteiger partial charge in [-0.15, -0.1) is 0 Å². The summed E-state index contributed by atoms with van der Waals surface area (Å²) in [7, 11) is -3.77. The third-order valence-electron chi connectivity index (χ3n) is 5.69. The number of benzene rings is 2. The van der Waals surface area contributed by atoms with Crippen LogP contribution in [0, 0.1) is 5.82 Å². The Bertz CT molecular complexity index is 1140. The summed E-state index contributed by atoms with van der Waals surface area (Å²) < 4.78 is 51.1. The van der Waals surface area contributed by atoms with Gasteiger partial charge in [-0.25, -0.2) is 12.8 Å². The first kappa shape index (κ1) is 23.2. The fourth-order valence-corrected chi connectivity index (χ4v) is 5.35. The zero-order chi connectivity index (χ0) is 23.4. The summed E-state index contributed by atoms with van der Waals surface area (Å²) in [4.78, 5) is 26.9. The Hall–Kier alpha value is -2.98. The molecule has 0 N–H and O–H groups in total. The standard InChI is InChI=1S/C23H25FN2O6S/c24-18-3-5-19(6-4-18)33(29,30)26-11-1-10-25(12-13-26)23(28)9-7-20(27)17-2-8-21-22(16-17)32-15-14-31-21/h2-6,8,16H,1,7,9-15H2. The first-order valence-corrected chi connectivity index (χ1v) is 12.2. The average Bonchev–Trinajstić information content (AvgIpc) is 3.09. The van der Waals surface area contributed by atoms with Crippen LogP contribution in [0.4, 0.5) is 4.39 Å². The Kier molecular flexibility index (Phi) is 6.94. The molecule has 2 aromatic carbocycles. The zero-order valence-electron chi connectivity index (χ0n) is 18.0. The molecule has 8 nitrogen and oxygen atoms in total. The lowest BCUT2D eigenvalue weighted by Gasteiger charge is -2.22. The summed E-state index contributed by atoms with van der Waals surface area (Å²) in [5.74, 6) is 0.247. The summed E-state index contributed by atoms with van der Waals surface area (Å²) in [6.45, 7) is 1.93. The number of carbonyl (C=O) groups excluding carboxylic acids is 2. The number of sulfonamides is 1. The number of nitrogens with zero attached hydrogens (tertiary/aromatic N) is 2. The molecule has 2 aliphatic heterocycles. The molecule has 2 aliphatic rings. The number of Topliss-reactive ketones (excluding diaryl/α,β-unsaturated/α-hetero) is 1. The molecule has 0 saturated carbocycles. The van der Waals surface area contributed by atoms with Gasteiger partial charge in [0.1, 0.15) is 19.0 Å². The predicted molar refractivity (Wildman–Crippen MR) is 117 cm³/mol. The molecular formula is C23H25FN2O6S. The van der Waals surface area contributed by atoms with Crippen molar-refractivity contribution in [2.45, 2.75) is 24.2 Å². The van der Waals surface area contributed by atoms with Crippen LogP contribution in [0.25, 0.3) is 0 Å². The number of hydrogen-bond acceptors (Lipinski definition) is 6. The molecule has 0 atom stereocenters. The Labute approximate surface area is 191 Å². The number of ketones is 1. The maximum Gasteiger partial charge on any atom is 0.243 e. The van der Waals surface area contributed by atoms with Crippen molar-refractivity contribution in [3.8, 4) is 11.5 Å². The summed E-state index contributed by atoms with van der Waals surface area (Å²) >= 11 is 0. The second-order valence-electron chi connectivity index (χ2n) is 7.87. The van der Waals surface area contributed by atoms with Crippen LogP contribution < -0.4 is 9.47 Å². The van der Waals surface area contributed by atoms with Gasteiger partial charge < -0.3 is 14.4 Å². The monoisotopic (exact) mass is 476 g/mol. The van der Waals surface area contributed by atoms with E-state index in [1.54, 1.807) is 23.1 Å². The highest BCUT2D eigenvalue weighted by atomic mass is 32.2. The number of halogens is 1. The number of carbonyl (C=O) groups is 2. The summed E-state index contributed by atoms with van der Waals surface area (Å²) in [5.41, 5.74) is 0.458. The van der Waals surface area contributed by atoms with Crippen molar-refractivity contribution in [3.05, 3.63) is 53.8 Å². The molecule has 1 saturated heterocycles. The highest BCUT2D eigenvalue weighted by Crippen LogP contribution is 2.31. The van der Waals surface area contributed by atoms with E-state index in [0.29, 0.717) is 43.2 Å². The normalized spacial score (nSPS) is 16.8. The van der Waals surface area contributed by atoms with Crippen LogP contribution >= 0.6 is 0 Å². The fraction of sp³-hybridized carbons (Fsp3) is 0.391.